The van der Waals surface area contributed by atoms with E-state index in [0.29, 0.717) is 18.8 Å². The summed E-state index contributed by atoms with van der Waals surface area (Å²) in [5.74, 6) is 0.916. The van der Waals surface area contributed by atoms with Crippen molar-refractivity contribution in [1.29, 1.82) is 0 Å². The zero-order valence-corrected chi connectivity index (χ0v) is 14.9. The summed E-state index contributed by atoms with van der Waals surface area (Å²) >= 11 is 7.25. The fraction of sp³-hybridized carbons (Fsp3) is 0.562. The third-order valence-corrected chi connectivity index (χ3v) is 5.36. The van der Waals surface area contributed by atoms with Crippen LogP contribution in [0.4, 0.5) is 0 Å². The van der Waals surface area contributed by atoms with Gasteiger partial charge < -0.3 is 14.4 Å². The topological polar surface area (TPSA) is 27.8 Å². The summed E-state index contributed by atoms with van der Waals surface area (Å²) in [6.07, 6.45) is 0.616. The molecule has 3 rings (SSSR count). The van der Waals surface area contributed by atoms with Crippen molar-refractivity contribution in [3.05, 3.63) is 22.2 Å². The molecular weight excluding hydrogens is 316 g/mol. The monoisotopic (exact) mass is 339 g/mol. The molecule has 2 heterocycles. The fourth-order valence-corrected chi connectivity index (χ4v) is 4.55. The Balaban J connectivity index is 1.87. The highest BCUT2D eigenvalue weighted by Gasteiger charge is 2.26. The summed E-state index contributed by atoms with van der Waals surface area (Å²) in [5.41, 5.74) is 1.21. The number of thiazole rings is 1. The van der Waals surface area contributed by atoms with Gasteiger partial charge in [0.2, 0.25) is 0 Å². The molecule has 6 heteroatoms. The van der Waals surface area contributed by atoms with Crippen LogP contribution in [0.25, 0.3) is 10.2 Å². The summed E-state index contributed by atoms with van der Waals surface area (Å²) in [4.78, 5) is 1.52. The minimum absolute atomic E-state index is 0.308. The quantitative estimate of drug-likeness (QED) is 0.868. The molecule has 0 aliphatic carbocycles. The van der Waals surface area contributed by atoms with E-state index in [-0.39, 0.29) is 0 Å². The standard InChI is InChI=1S/C16H22N2O2S2/c1-4-19-13-5-6-14-15(7-13)22-16(21)18(14)10-17-8-11(2)20-12(3)9-17/h5-7,11-12H,4,8-10H2,1-3H3/p+1/t11-,12-/m0/s1. The Morgan fingerprint density at radius 3 is 2.77 bits per heavy atom. The van der Waals surface area contributed by atoms with Crippen LogP contribution in [0.1, 0.15) is 20.8 Å². The van der Waals surface area contributed by atoms with E-state index < -0.39 is 0 Å². The number of hydrogen-bond donors (Lipinski definition) is 1. The Labute approximate surface area is 140 Å². The molecule has 1 aromatic heterocycles. The molecule has 4 nitrogen and oxygen atoms in total. The Bertz CT molecular complexity index is 700. The number of aromatic nitrogens is 1. The lowest BCUT2D eigenvalue weighted by atomic mass is 10.2. The van der Waals surface area contributed by atoms with E-state index in [1.807, 2.05) is 13.0 Å². The Morgan fingerprint density at radius 1 is 1.36 bits per heavy atom. The molecule has 1 aromatic carbocycles. The van der Waals surface area contributed by atoms with Gasteiger partial charge in [0.1, 0.15) is 31.0 Å². The average Bonchev–Trinajstić information content (AvgIpc) is 2.74. The highest BCUT2D eigenvalue weighted by Crippen LogP contribution is 2.27. The van der Waals surface area contributed by atoms with Crippen LogP contribution in [0.2, 0.25) is 0 Å². The molecule has 0 spiro atoms. The van der Waals surface area contributed by atoms with Crippen LogP contribution < -0.4 is 9.64 Å². The van der Waals surface area contributed by atoms with Crippen molar-refractivity contribution in [2.24, 2.45) is 0 Å². The third-order valence-electron chi connectivity index (χ3n) is 3.95. The van der Waals surface area contributed by atoms with Gasteiger partial charge in [0, 0.05) is 0 Å². The first-order valence-electron chi connectivity index (χ1n) is 7.82. The van der Waals surface area contributed by atoms with Crippen LogP contribution in [0.3, 0.4) is 0 Å². The molecule has 0 amide bonds. The number of morpholine rings is 1. The molecule has 120 valence electrons. The van der Waals surface area contributed by atoms with E-state index in [4.69, 9.17) is 21.7 Å². The number of fused-ring (bicyclic) bond motifs is 1. The van der Waals surface area contributed by atoms with Crippen molar-refractivity contribution in [2.45, 2.75) is 39.6 Å². The summed E-state index contributed by atoms with van der Waals surface area (Å²) in [6, 6.07) is 6.25. The van der Waals surface area contributed by atoms with Crippen molar-refractivity contribution in [1.82, 2.24) is 4.57 Å². The molecule has 2 atom stereocenters. The summed E-state index contributed by atoms with van der Waals surface area (Å²) in [7, 11) is 0. The van der Waals surface area contributed by atoms with Gasteiger partial charge in [-0.25, -0.2) is 0 Å². The molecule has 0 saturated carbocycles. The molecule has 1 aliphatic rings. The fourth-order valence-electron chi connectivity index (χ4n) is 3.19. The number of ether oxygens (including phenoxy) is 2. The van der Waals surface area contributed by atoms with Gasteiger partial charge >= 0.3 is 0 Å². The third kappa shape index (κ3) is 3.35. The Morgan fingerprint density at radius 2 is 2.09 bits per heavy atom. The SMILES string of the molecule is CCOc1ccc2c(c1)sc(=S)n2C[NH+]1C[C@H](C)O[C@@H](C)C1. The first kappa shape index (κ1) is 15.9. The van der Waals surface area contributed by atoms with Crippen LogP contribution in [0.15, 0.2) is 18.2 Å². The van der Waals surface area contributed by atoms with E-state index in [1.165, 1.54) is 15.1 Å². The molecule has 1 N–H and O–H groups in total. The molecule has 1 aliphatic heterocycles. The van der Waals surface area contributed by atoms with Gasteiger partial charge in [-0.2, -0.15) is 0 Å². The van der Waals surface area contributed by atoms with Crippen molar-refractivity contribution in [3.8, 4) is 5.75 Å². The Hall–Kier alpha value is -0.950. The summed E-state index contributed by atoms with van der Waals surface area (Å²) in [6.45, 7) is 9.95. The normalized spacial score (nSPS) is 25.5. The number of benzene rings is 1. The number of nitrogens with zero attached hydrogens (tertiary/aromatic N) is 1. The highest BCUT2D eigenvalue weighted by molar-refractivity contribution is 7.73. The lowest BCUT2D eigenvalue weighted by Crippen LogP contribution is -3.14. The second-order valence-corrected chi connectivity index (χ2v) is 7.61. The van der Waals surface area contributed by atoms with Gasteiger partial charge in [-0.05, 0) is 51.2 Å². The molecule has 22 heavy (non-hydrogen) atoms. The minimum atomic E-state index is 0.308. The maximum atomic E-state index is 5.83. The van der Waals surface area contributed by atoms with Gasteiger partial charge in [-0.15, -0.1) is 11.3 Å². The van der Waals surface area contributed by atoms with Crippen molar-refractivity contribution in [2.75, 3.05) is 19.7 Å². The molecule has 1 fully saturated rings. The summed E-state index contributed by atoms with van der Waals surface area (Å²) < 4.78 is 15.8. The highest BCUT2D eigenvalue weighted by atomic mass is 32.1. The van der Waals surface area contributed by atoms with Crippen LogP contribution in [0, 0.1) is 3.95 Å². The van der Waals surface area contributed by atoms with Crippen molar-refractivity contribution in [3.63, 3.8) is 0 Å². The van der Waals surface area contributed by atoms with E-state index in [9.17, 15) is 0 Å². The largest absolute Gasteiger partial charge is 0.494 e. The van der Waals surface area contributed by atoms with Gasteiger partial charge in [0.25, 0.3) is 0 Å². The molecule has 0 radical (unpaired) electrons. The van der Waals surface area contributed by atoms with E-state index in [0.717, 1.165) is 29.5 Å². The second-order valence-electron chi connectivity index (χ2n) is 5.93. The minimum Gasteiger partial charge on any atom is -0.494 e. The molecule has 1 saturated heterocycles. The van der Waals surface area contributed by atoms with E-state index in [1.54, 1.807) is 11.3 Å². The van der Waals surface area contributed by atoms with Gasteiger partial charge in [0.15, 0.2) is 10.6 Å². The molecular formula is C16H23N2O2S2+. The predicted octanol–water partition coefficient (Wildman–Crippen LogP) is 2.48. The van der Waals surface area contributed by atoms with Gasteiger partial charge in [0.05, 0.1) is 16.8 Å². The molecule has 0 unspecified atom stereocenters. The average molecular weight is 340 g/mol. The predicted molar refractivity (Wildman–Crippen MR) is 92.5 cm³/mol. The Kier molecular flexibility index (Phi) is 4.82. The smallest absolute Gasteiger partial charge is 0.166 e. The number of nitrogens with one attached hydrogen (secondary N) is 1. The number of quaternary nitrogens is 1. The number of hydrogen-bond acceptors (Lipinski definition) is 4. The lowest BCUT2D eigenvalue weighted by molar-refractivity contribution is -0.936. The van der Waals surface area contributed by atoms with Crippen molar-refractivity contribution < 1.29 is 14.4 Å². The first-order chi connectivity index (χ1) is 10.6. The maximum Gasteiger partial charge on any atom is 0.166 e. The number of rotatable bonds is 4. The van der Waals surface area contributed by atoms with Gasteiger partial charge in [-0.1, -0.05) is 0 Å². The lowest BCUT2D eigenvalue weighted by Gasteiger charge is -2.32. The van der Waals surface area contributed by atoms with Crippen LogP contribution in [-0.2, 0) is 11.4 Å². The summed E-state index contributed by atoms with van der Waals surface area (Å²) in [5, 5.41) is 0. The maximum absolute atomic E-state index is 5.83. The van der Waals surface area contributed by atoms with Crippen LogP contribution >= 0.6 is 23.6 Å². The van der Waals surface area contributed by atoms with Crippen molar-refractivity contribution >= 4 is 33.8 Å². The van der Waals surface area contributed by atoms with Crippen LogP contribution in [0.5, 0.6) is 5.75 Å². The van der Waals surface area contributed by atoms with E-state index >= 15 is 0 Å². The molecule has 0 bridgehead atoms. The van der Waals surface area contributed by atoms with Crippen LogP contribution in [-0.4, -0.2) is 36.5 Å². The zero-order valence-electron chi connectivity index (χ0n) is 13.3. The second kappa shape index (κ2) is 6.66. The zero-order chi connectivity index (χ0) is 15.7. The molecule has 2 aromatic rings. The first-order valence-corrected chi connectivity index (χ1v) is 9.04. The van der Waals surface area contributed by atoms with E-state index in [2.05, 4.69) is 30.5 Å². The van der Waals surface area contributed by atoms with Gasteiger partial charge in [-0.3, -0.25) is 4.57 Å².